The van der Waals surface area contributed by atoms with Crippen molar-refractivity contribution in [2.24, 2.45) is 0 Å². The van der Waals surface area contributed by atoms with Crippen LogP contribution in [0.3, 0.4) is 0 Å². The minimum Gasteiger partial charge on any atom is -0.309 e. The molecule has 2 aromatic rings. The van der Waals surface area contributed by atoms with E-state index in [-0.39, 0.29) is 12.3 Å². The normalized spacial score (nSPS) is 10.4. The molecule has 1 amide bonds. The molecule has 17 heavy (non-hydrogen) atoms. The summed E-state index contributed by atoms with van der Waals surface area (Å²) >= 11 is 0. The van der Waals surface area contributed by atoms with E-state index in [1.807, 2.05) is 6.07 Å². The maximum atomic E-state index is 11.6. The Kier molecular flexibility index (Phi) is 3.54. The monoisotopic (exact) mass is 233 g/mol. The van der Waals surface area contributed by atoms with Crippen molar-refractivity contribution in [2.45, 2.75) is 26.2 Å². The van der Waals surface area contributed by atoms with Gasteiger partial charge in [0.15, 0.2) is 5.82 Å². The summed E-state index contributed by atoms with van der Waals surface area (Å²) in [7, 11) is 0. The molecule has 0 bridgehead atoms. The van der Waals surface area contributed by atoms with Crippen LogP contribution in [0.1, 0.15) is 24.7 Å². The summed E-state index contributed by atoms with van der Waals surface area (Å²) in [5.41, 5.74) is 1.82. The molecule has 0 fully saturated rings. The van der Waals surface area contributed by atoms with E-state index in [0.717, 1.165) is 24.2 Å². The average molecular weight is 233 g/mol. The first-order valence-corrected chi connectivity index (χ1v) is 5.60. The first-order valence-electron chi connectivity index (χ1n) is 5.60. The largest absolute Gasteiger partial charge is 0.309 e. The number of nitrogens with one attached hydrogen (secondary N) is 3. The van der Waals surface area contributed by atoms with Crippen molar-refractivity contribution >= 4 is 11.7 Å². The maximum Gasteiger partial charge on any atom is 0.231 e. The Morgan fingerprint density at radius 2 is 2.29 bits per heavy atom. The molecule has 6 nitrogen and oxygen atoms in total. The van der Waals surface area contributed by atoms with Crippen LogP contribution in [0.2, 0.25) is 0 Å². The Labute approximate surface area is 98.8 Å². The lowest BCUT2D eigenvalue weighted by Crippen LogP contribution is -2.14. The summed E-state index contributed by atoms with van der Waals surface area (Å²) in [5.74, 6) is 0.460. The number of aromatic amines is 2. The van der Waals surface area contributed by atoms with E-state index in [4.69, 9.17) is 0 Å². The number of aromatic nitrogens is 4. The standard InChI is InChI=1S/C11H15N5O/c1-2-3-8-6-10(16-15-8)13-11(17)7-9-4-5-12-14-9/h4-6H,2-3,7H2,1H3,(H,12,14)(H2,13,15,16,17). The number of anilines is 1. The highest BCUT2D eigenvalue weighted by atomic mass is 16.1. The zero-order valence-corrected chi connectivity index (χ0v) is 9.66. The average Bonchev–Trinajstić information content (AvgIpc) is 2.91. The second-order valence-corrected chi connectivity index (χ2v) is 3.84. The van der Waals surface area contributed by atoms with Crippen LogP contribution in [0, 0.1) is 0 Å². The van der Waals surface area contributed by atoms with Gasteiger partial charge < -0.3 is 5.32 Å². The van der Waals surface area contributed by atoms with Crippen molar-refractivity contribution in [3.8, 4) is 0 Å². The van der Waals surface area contributed by atoms with Gasteiger partial charge in [0.1, 0.15) is 0 Å². The molecule has 0 aliphatic rings. The fourth-order valence-corrected chi connectivity index (χ4v) is 1.57. The summed E-state index contributed by atoms with van der Waals surface area (Å²) in [6.07, 6.45) is 3.87. The van der Waals surface area contributed by atoms with Crippen LogP contribution in [0.4, 0.5) is 5.82 Å². The molecule has 0 radical (unpaired) electrons. The molecule has 2 rings (SSSR count). The number of hydrogen-bond donors (Lipinski definition) is 3. The summed E-state index contributed by atoms with van der Waals surface area (Å²) in [5, 5.41) is 16.2. The number of nitrogens with zero attached hydrogens (tertiary/aromatic N) is 2. The molecule has 0 atom stereocenters. The lowest BCUT2D eigenvalue weighted by molar-refractivity contribution is -0.115. The molecule has 0 aliphatic carbocycles. The van der Waals surface area contributed by atoms with Crippen molar-refractivity contribution in [2.75, 3.05) is 5.32 Å². The molecule has 0 unspecified atom stereocenters. The van der Waals surface area contributed by atoms with E-state index >= 15 is 0 Å². The van der Waals surface area contributed by atoms with Crippen LogP contribution in [-0.2, 0) is 17.6 Å². The summed E-state index contributed by atoms with van der Waals surface area (Å²) in [6, 6.07) is 3.63. The predicted molar refractivity (Wildman–Crippen MR) is 63.5 cm³/mol. The van der Waals surface area contributed by atoms with Gasteiger partial charge in [0.25, 0.3) is 0 Å². The number of carbonyl (C=O) groups is 1. The van der Waals surface area contributed by atoms with Gasteiger partial charge in [0.05, 0.1) is 6.42 Å². The van der Waals surface area contributed by atoms with Gasteiger partial charge >= 0.3 is 0 Å². The van der Waals surface area contributed by atoms with Gasteiger partial charge in [-0.25, -0.2) is 0 Å². The first-order chi connectivity index (χ1) is 8.28. The van der Waals surface area contributed by atoms with E-state index < -0.39 is 0 Å². The van der Waals surface area contributed by atoms with E-state index in [0.29, 0.717) is 5.82 Å². The predicted octanol–water partition coefficient (Wildman–Crippen LogP) is 1.27. The molecule has 3 N–H and O–H groups in total. The second kappa shape index (κ2) is 5.29. The summed E-state index contributed by atoms with van der Waals surface area (Å²) < 4.78 is 0. The Morgan fingerprint density at radius 1 is 1.41 bits per heavy atom. The minimum atomic E-state index is -0.108. The van der Waals surface area contributed by atoms with E-state index in [1.54, 1.807) is 12.3 Å². The van der Waals surface area contributed by atoms with Crippen LogP contribution < -0.4 is 5.32 Å². The van der Waals surface area contributed by atoms with Gasteiger partial charge in [-0.1, -0.05) is 13.3 Å². The Bertz CT molecular complexity index is 474. The van der Waals surface area contributed by atoms with Crippen molar-refractivity contribution < 1.29 is 4.79 Å². The molecule has 6 heteroatoms. The van der Waals surface area contributed by atoms with E-state index in [9.17, 15) is 4.79 Å². The molecule has 0 saturated heterocycles. The molecule has 2 heterocycles. The third-order valence-electron chi connectivity index (χ3n) is 2.33. The smallest absolute Gasteiger partial charge is 0.231 e. The van der Waals surface area contributed by atoms with Crippen molar-refractivity contribution in [1.82, 2.24) is 20.4 Å². The molecule has 2 aromatic heterocycles. The molecule has 0 spiro atoms. The number of amides is 1. The van der Waals surface area contributed by atoms with Crippen molar-refractivity contribution in [3.63, 3.8) is 0 Å². The van der Waals surface area contributed by atoms with Gasteiger partial charge in [-0.3, -0.25) is 15.0 Å². The van der Waals surface area contributed by atoms with E-state index in [1.165, 1.54) is 0 Å². The summed E-state index contributed by atoms with van der Waals surface area (Å²) in [4.78, 5) is 11.6. The van der Waals surface area contributed by atoms with Gasteiger partial charge in [-0.05, 0) is 12.5 Å². The second-order valence-electron chi connectivity index (χ2n) is 3.84. The van der Waals surface area contributed by atoms with Crippen LogP contribution in [0.25, 0.3) is 0 Å². The highest BCUT2D eigenvalue weighted by molar-refractivity contribution is 5.91. The SMILES string of the molecule is CCCc1cc(NC(=O)Cc2ccn[nH]2)n[nH]1. The minimum absolute atomic E-state index is 0.108. The Morgan fingerprint density at radius 3 is 3.00 bits per heavy atom. The number of carbonyl (C=O) groups excluding carboxylic acids is 1. The van der Waals surface area contributed by atoms with Crippen LogP contribution in [0.5, 0.6) is 0 Å². The zero-order chi connectivity index (χ0) is 12.1. The molecule has 90 valence electrons. The number of hydrogen-bond acceptors (Lipinski definition) is 3. The third-order valence-corrected chi connectivity index (χ3v) is 2.33. The van der Waals surface area contributed by atoms with Crippen molar-refractivity contribution in [1.29, 1.82) is 0 Å². The first kappa shape index (κ1) is 11.4. The fraction of sp³-hybridized carbons (Fsp3) is 0.364. The quantitative estimate of drug-likeness (QED) is 0.726. The van der Waals surface area contributed by atoms with Gasteiger partial charge in [-0.2, -0.15) is 10.2 Å². The van der Waals surface area contributed by atoms with Crippen molar-refractivity contribution in [3.05, 3.63) is 29.7 Å². The van der Waals surface area contributed by atoms with E-state index in [2.05, 4.69) is 32.6 Å². The van der Waals surface area contributed by atoms with Crippen LogP contribution in [-0.4, -0.2) is 26.3 Å². The number of rotatable bonds is 5. The van der Waals surface area contributed by atoms with Gasteiger partial charge in [-0.15, -0.1) is 0 Å². The molecular formula is C11H15N5O. The highest BCUT2D eigenvalue weighted by Gasteiger charge is 2.07. The van der Waals surface area contributed by atoms with Gasteiger partial charge in [0.2, 0.25) is 5.91 Å². The Balaban J connectivity index is 1.89. The topological polar surface area (TPSA) is 86.5 Å². The fourth-order valence-electron chi connectivity index (χ4n) is 1.57. The zero-order valence-electron chi connectivity index (χ0n) is 9.66. The van der Waals surface area contributed by atoms with Crippen LogP contribution >= 0.6 is 0 Å². The Hall–Kier alpha value is -2.11. The third kappa shape index (κ3) is 3.17. The molecule has 0 aliphatic heterocycles. The molecule has 0 saturated carbocycles. The number of H-pyrrole nitrogens is 2. The highest BCUT2D eigenvalue weighted by Crippen LogP contribution is 2.07. The van der Waals surface area contributed by atoms with Gasteiger partial charge in [0, 0.05) is 23.7 Å². The lowest BCUT2D eigenvalue weighted by Gasteiger charge is -1.98. The summed E-state index contributed by atoms with van der Waals surface area (Å²) in [6.45, 7) is 2.09. The number of aryl methyl sites for hydroxylation is 1. The maximum absolute atomic E-state index is 11.6. The molecule has 0 aromatic carbocycles. The van der Waals surface area contributed by atoms with Crippen LogP contribution in [0.15, 0.2) is 18.3 Å². The lowest BCUT2D eigenvalue weighted by atomic mass is 10.2. The molecular weight excluding hydrogens is 218 g/mol.